The molecule has 0 bridgehead atoms. The molecule has 2 aromatic rings. The van der Waals surface area contributed by atoms with Gasteiger partial charge in [0.2, 0.25) is 0 Å². The van der Waals surface area contributed by atoms with Crippen molar-refractivity contribution in [2.75, 3.05) is 37.2 Å². The Morgan fingerprint density at radius 1 is 1.24 bits per heavy atom. The molecule has 0 aliphatic rings. The van der Waals surface area contributed by atoms with Gasteiger partial charge in [-0.15, -0.1) is 0 Å². The Balaban J connectivity index is 2.04. The zero-order valence-electron chi connectivity index (χ0n) is 12.7. The fraction of sp³-hybridized carbons (Fsp3) is 0.438. The maximum absolute atomic E-state index is 6.04. The average molecular weight is 307 g/mol. The molecule has 5 heteroatoms. The van der Waals surface area contributed by atoms with Gasteiger partial charge in [-0.25, -0.2) is 0 Å². The van der Waals surface area contributed by atoms with Crippen molar-refractivity contribution in [3.05, 3.63) is 29.4 Å². The largest absolute Gasteiger partial charge is 0.396 e. The number of rotatable bonds is 7. The smallest absolute Gasteiger partial charge is 0.0967 e. The molecule has 0 aliphatic carbocycles. The third kappa shape index (κ3) is 3.77. The van der Waals surface area contributed by atoms with Gasteiger partial charge in [-0.1, -0.05) is 25.4 Å². The molecule has 114 valence electrons. The average Bonchev–Trinajstić information content (AvgIpc) is 2.51. The zero-order chi connectivity index (χ0) is 15.2. The third-order valence-electron chi connectivity index (χ3n) is 3.76. The van der Waals surface area contributed by atoms with E-state index >= 15 is 0 Å². The quantitative estimate of drug-likeness (QED) is 0.606. The summed E-state index contributed by atoms with van der Waals surface area (Å²) in [5, 5.41) is 5.04. The molecule has 21 heavy (non-hydrogen) atoms. The van der Waals surface area contributed by atoms with E-state index in [-0.39, 0.29) is 0 Å². The molecule has 0 unspecified atom stereocenters. The summed E-state index contributed by atoms with van der Waals surface area (Å²) in [5.74, 6) is 0. The number of nitrogens with zero attached hydrogens (tertiary/aromatic N) is 2. The van der Waals surface area contributed by atoms with Crippen LogP contribution in [0.25, 0.3) is 10.9 Å². The summed E-state index contributed by atoms with van der Waals surface area (Å²) in [6.45, 7) is 8.63. The van der Waals surface area contributed by atoms with Crippen molar-refractivity contribution in [3.63, 3.8) is 0 Å². The van der Waals surface area contributed by atoms with E-state index in [2.05, 4.69) is 29.0 Å². The highest BCUT2D eigenvalue weighted by Crippen LogP contribution is 2.30. The Morgan fingerprint density at radius 2 is 2.00 bits per heavy atom. The first-order valence-electron chi connectivity index (χ1n) is 7.46. The maximum Gasteiger partial charge on any atom is 0.0967 e. The van der Waals surface area contributed by atoms with E-state index in [1.807, 2.05) is 18.2 Å². The van der Waals surface area contributed by atoms with Crippen LogP contribution >= 0.6 is 11.6 Å². The summed E-state index contributed by atoms with van der Waals surface area (Å²) in [6, 6.07) is 5.77. The molecule has 0 atom stereocenters. The SMILES string of the molecule is CCN(CC)CCCNc1ccnc2c(N)c(Cl)ccc12. The van der Waals surface area contributed by atoms with E-state index in [0.717, 1.165) is 49.2 Å². The summed E-state index contributed by atoms with van der Waals surface area (Å²) in [7, 11) is 0. The predicted octanol–water partition coefficient (Wildman–Crippen LogP) is 3.61. The third-order valence-corrected chi connectivity index (χ3v) is 4.09. The van der Waals surface area contributed by atoms with Crippen LogP contribution in [0.3, 0.4) is 0 Å². The molecule has 0 saturated carbocycles. The lowest BCUT2D eigenvalue weighted by Gasteiger charge is -2.18. The van der Waals surface area contributed by atoms with Gasteiger partial charge in [0.25, 0.3) is 0 Å². The number of fused-ring (bicyclic) bond motifs is 1. The highest BCUT2D eigenvalue weighted by Gasteiger charge is 2.07. The van der Waals surface area contributed by atoms with Crippen LogP contribution < -0.4 is 11.1 Å². The van der Waals surface area contributed by atoms with Crippen LogP contribution in [-0.2, 0) is 0 Å². The van der Waals surface area contributed by atoms with Gasteiger partial charge in [-0.2, -0.15) is 0 Å². The van der Waals surface area contributed by atoms with Crippen molar-refractivity contribution in [2.24, 2.45) is 0 Å². The highest BCUT2D eigenvalue weighted by atomic mass is 35.5. The molecule has 0 aliphatic heterocycles. The zero-order valence-corrected chi connectivity index (χ0v) is 13.5. The first-order chi connectivity index (χ1) is 10.2. The van der Waals surface area contributed by atoms with Crippen molar-refractivity contribution >= 4 is 33.9 Å². The summed E-state index contributed by atoms with van der Waals surface area (Å²) in [5.41, 5.74) is 8.35. The monoisotopic (exact) mass is 306 g/mol. The second-order valence-corrected chi connectivity index (χ2v) is 5.43. The molecule has 4 nitrogen and oxygen atoms in total. The molecule has 0 spiro atoms. The topological polar surface area (TPSA) is 54.2 Å². The normalized spacial score (nSPS) is 11.2. The minimum atomic E-state index is 0.543. The Morgan fingerprint density at radius 3 is 2.71 bits per heavy atom. The van der Waals surface area contributed by atoms with Crippen molar-refractivity contribution in [1.29, 1.82) is 0 Å². The fourth-order valence-corrected chi connectivity index (χ4v) is 2.59. The first-order valence-corrected chi connectivity index (χ1v) is 7.84. The molecular formula is C16H23ClN4. The fourth-order valence-electron chi connectivity index (χ4n) is 2.44. The lowest BCUT2D eigenvalue weighted by atomic mass is 10.1. The van der Waals surface area contributed by atoms with Gasteiger partial charge in [0, 0.05) is 23.8 Å². The van der Waals surface area contributed by atoms with E-state index in [4.69, 9.17) is 17.3 Å². The molecule has 1 heterocycles. The van der Waals surface area contributed by atoms with Crippen molar-refractivity contribution < 1.29 is 0 Å². The van der Waals surface area contributed by atoms with Crippen LogP contribution in [0.2, 0.25) is 5.02 Å². The van der Waals surface area contributed by atoms with Crippen LogP contribution in [0, 0.1) is 0 Å². The number of anilines is 2. The molecule has 0 radical (unpaired) electrons. The minimum absolute atomic E-state index is 0.543. The lowest BCUT2D eigenvalue weighted by molar-refractivity contribution is 0.303. The Hall–Kier alpha value is -1.52. The van der Waals surface area contributed by atoms with Gasteiger partial charge in [0.1, 0.15) is 0 Å². The Kier molecular flexibility index (Phi) is 5.65. The number of halogens is 1. The predicted molar refractivity (Wildman–Crippen MR) is 92.1 cm³/mol. The molecule has 0 fully saturated rings. The number of hydrogen-bond donors (Lipinski definition) is 2. The number of aromatic nitrogens is 1. The first kappa shape index (κ1) is 15.9. The van der Waals surface area contributed by atoms with Gasteiger partial charge >= 0.3 is 0 Å². The molecule has 1 aromatic carbocycles. The van der Waals surface area contributed by atoms with Crippen LogP contribution in [0.1, 0.15) is 20.3 Å². The molecule has 1 aromatic heterocycles. The number of nitrogen functional groups attached to an aromatic ring is 1. The van der Waals surface area contributed by atoms with E-state index < -0.39 is 0 Å². The minimum Gasteiger partial charge on any atom is -0.396 e. The lowest BCUT2D eigenvalue weighted by Crippen LogP contribution is -2.25. The second kappa shape index (κ2) is 7.48. The van der Waals surface area contributed by atoms with Gasteiger partial charge in [-0.3, -0.25) is 4.98 Å². The summed E-state index contributed by atoms with van der Waals surface area (Å²) in [6.07, 6.45) is 2.87. The molecule has 3 N–H and O–H groups in total. The van der Waals surface area contributed by atoms with Crippen LogP contribution in [0.15, 0.2) is 24.4 Å². The van der Waals surface area contributed by atoms with Crippen LogP contribution in [0.4, 0.5) is 11.4 Å². The van der Waals surface area contributed by atoms with E-state index in [1.54, 1.807) is 6.20 Å². The number of benzene rings is 1. The Bertz CT molecular complexity index is 596. The van der Waals surface area contributed by atoms with Gasteiger partial charge in [-0.05, 0) is 44.3 Å². The number of pyridine rings is 1. The highest BCUT2D eigenvalue weighted by molar-refractivity contribution is 6.34. The van der Waals surface area contributed by atoms with Gasteiger partial charge < -0.3 is 16.0 Å². The van der Waals surface area contributed by atoms with Gasteiger partial charge in [0.05, 0.1) is 16.2 Å². The Labute approximate surface area is 131 Å². The van der Waals surface area contributed by atoms with Crippen molar-refractivity contribution in [3.8, 4) is 0 Å². The standard InChI is InChI=1S/C16H23ClN4/c1-3-21(4-2)11-5-9-19-14-8-10-20-16-12(14)6-7-13(17)15(16)18/h6-8,10H,3-5,9,11,18H2,1-2H3,(H,19,20). The van der Waals surface area contributed by atoms with E-state index in [9.17, 15) is 0 Å². The van der Waals surface area contributed by atoms with E-state index in [1.165, 1.54) is 0 Å². The van der Waals surface area contributed by atoms with Crippen LogP contribution in [-0.4, -0.2) is 36.1 Å². The van der Waals surface area contributed by atoms with Crippen molar-refractivity contribution in [1.82, 2.24) is 9.88 Å². The van der Waals surface area contributed by atoms with E-state index in [0.29, 0.717) is 10.7 Å². The maximum atomic E-state index is 6.04. The summed E-state index contributed by atoms with van der Waals surface area (Å²) in [4.78, 5) is 6.75. The number of hydrogen-bond acceptors (Lipinski definition) is 4. The molecule has 2 rings (SSSR count). The molecule has 0 saturated heterocycles. The van der Waals surface area contributed by atoms with Gasteiger partial charge in [0.15, 0.2) is 0 Å². The van der Waals surface area contributed by atoms with Crippen molar-refractivity contribution in [2.45, 2.75) is 20.3 Å². The second-order valence-electron chi connectivity index (χ2n) is 5.02. The van der Waals surface area contributed by atoms with Crippen LogP contribution in [0.5, 0.6) is 0 Å². The summed E-state index contributed by atoms with van der Waals surface area (Å²) < 4.78 is 0. The summed E-state index contributed by atoms with van der Waals surface area (Å²) >= 11 is 6.04. The number of nitrogens with two attached hydrogens (primary N) is 1. The molecular weight excluding hydrogens is 284 g/mol. The molecule has 0 amide bonds. The number of nitrogens with one attached hydrogen (secondary N) is 1.